The molecule has 0 aromatic heterocycles. The molecule has 3 amide bonds. The number of nitrogens with zero attached hydrogens (tertiary/aromatic N) is 3. The fraction of sp³-hybridized carbons (Fsp3) is 0.0625. The second-order valence-electron chi connectivity index (χ2n) is 10.9. The van der Waals surface area contributed by atoms with Crippen molar-refractivity contribution in [3.8, 4) is 0 Å². The molecule has 0 unspecified atom stereocenters. The zero-order valence-electron chi connectivity index (χ0n) is 28.6. The molecule has 4 aromatic carbocycles. The standard InChI is InChI=1S/C32H25Cl2N7O9S2.H3N.Na/c1-16-11-23(8-10-26(16)39-40-29-25(34)14-19(33)15-28(29)52(48,49)50)38-41-30-27(51(45,46)47)13-18-12-22(7-9-24(18)31(30)43)37-32(44)36-21-5-3-20(4-6-21)35-17(2)42;;/h3-15,38H,1-2H3,(H,35,42)(H2,36,37,44)(H,45,46,47)(H,48,49,50);1H3;/q;;+1/p-1/b40-39?,41-30-;;. The average Bonchev–Trinajstić information content (AvgIpc) is 3.04. The van der Waals surface area contributed by atoms with Gasteiger partial charge in [-0.3, -0.25) is 15.0 Å². The number of benzene rings is 4. The van der Waals surface area contributed by atoms with E-state index in [2.05, 4.69) is 36.7 Å². The van der Waals surface area contributed by atoms with Gasteiger partial charge in [0.2, 0.25) is 11.7 Å². The topological polar surface area (TPSA) is 287 Å². The third-order valence-corrected chi connectivity index (χ3v) is 9.24. The van der Waals surface area contributed by atoms with Crippen LogP contribution in [0.5, 0.6) is 0 Å². The van der Waals surface area contributed by atoms with Gasteiger partial charge in [0, 0.05) is 34.6 Å². The number of carbonyl (C=O) groups excluding carboxylic acids is 3. The summed E-state index contributed by atoms with van der Waals surface area (Å²) in [6, 6.07) is 16.0. The SMILES string of the molecule is CC(=O)Nc1ccc(NC(=O)Nc2ccc3c(c2)C=C(S(=O)(=O)[O-])/C(=N/Nc2ccc(N=Nc4c(Cl)cc(Cl)cc4S(=O)(=O)[O-])c(C)c2)C3=O)cc1.[NH4+].[Na+]. The minimum absolute atomic E-state index is 0. The van der Waals surface area contributed by atoms with Gasteiger partial charge in [0.25, 0.3) is 0 Å². The third kappa shape index (κ3) is 10.8. The number of aryl methyl sites for hydroxylation is 1. The molecule has 0 saturated heterocycles. The van der Waals surface area contributed by atoms with Gasteiger partial charge in [0.05, 0.1) is 26.2 Å². The van der Waals surface area contributed by atoms with Crippen molar-refractivity contribution in [2.75, 3.05) is 21.4 Å². The van der Waals surface area contributed by atoms with Crippen LogP contribution in [0, 0.1) is 6.92 Å². The number of quaternary nitrogens is 1. The number of halogens is 2. The van der Waals surface area contributed by atoms with Crippen LogP contribution in [0.2, 0.25) is 10.0 Å². The Kier molecular flexibility index (Phi) is 14.4. The molecular formula is C32H27Cl2N8NaO9S2. The van der Waals surface area contributed by atoms with Crippen LogP contribution in [0.25, 0.3) is 6.08 Å². The number of hydrogen-bond donors (Lipinski definition) is 5. The number of carbonyl (C=O) groups is 3. The van der Waals surface area contributed by atoms with Crippen molar-refractivity contribution in [1.29, 1.82) is 0 Å². The van der Waals surface area contributed by atoms with E-state index in [4.69, 9.17) is 23.2 Å². The predicted molar refractivity (Wildman–Crippen MR) is 199 cm³/mol. The number of ketones is 1. The first-order chi connectivity index (χ1) is 24.4. The smallest absolute Gasteiger partial charge is 0.744 e. The summed E-state index contributed by atoms with van der Waals surface area (Å²) in [7, 11) is -10.2. The number of hydrazone groups is 1. The van der Waals surface area contributed by atoms with E-state index in [-0.39, 0.29) is 79.8 Å². The Morgan fingerprint density at radius 3 is 1.94 bits per heavy atom. The molecule has 0 radical (unpaired) electrons. The first kappa shape index (κ1) is 43.9. The maximum atomic E-state index is 13.4. The van der Waals surface area contributed by atoms with Crippen molar-refractivity contribution in [1.82, 2.24) is 6.15 Å². The molecule has 276 valence electrons. The van der Waals surface area contributed by atoms with E-state index in [1.807, 2.05) is 0 Å². The monoisotopic (exact) mass is 824 g/mol. The molecule has 54 heavy (non-hydrogen) atoms. The van der Waals surface area contributed by atoms with Crippen molar-refractivity contribution < 1.29 is 69.9 Å². The van der Waals surface area contributed by atoms with Gasteiger partial charge in [-0.1, -0.05) is 23.2 Å². The van der Waals surface area contributed by atoms with Crippen molar-refractivity contribution in [2.24, 2.45) is 15.3 Å². The maximum absolute atomic E-state index is 13.4. The van der Waals surface area contributed by atoms with Crippen LogP contribution in [0.15, 0.2) is 97.9 Å². The molecule has 5 rings (SSSR count). The first-order valence-corrected chi connectivity index (χ1v) is 18.1. The first-order valence-electron chi connectivity index (χ1n) is 14.5. The fourth-order valence-corrected chi connectivity index (χ4v) is 6.69. The van der Waals surface area contributed by atoms with Crippen LogP contribution in [-0.4, -0.2) is 49.4 Å². The number of anilines is 4. The number of azo groups is 1. The molecule has 0 saturated carbocycles. The Balaban J connectivity index is 0.00000392. The third-order valence-electron chi connectivity index (χ3n) is 7.04. The Hall–Kier alpha value is -4.54. The van der Waals surface area contributed by atoms with Crippen molar-refractivity contribution in [2.45, 2.75) is 18.7 Å². The zero-order valence-corrected chi connectivity index (χ0v) is 33.7. The number of hydrogen-bond acceptors (Lipinski definition) is 13. The molecule has 8 N–H and O–H groups in total. The van der Waals surface area contributed by atoms with E-state index in [1.165, 1.54) is 49.4 Å². The Morgan fingerprint density at radius 1 is 0.759 bits per heavy atom. The molecule has 4 aromatic rings. The van der Waals surface area contributed by atoms with Gasteiger partial charge in [-0.25, -0.2) is 21.6 Å². The van der Waals surface area contributed by atoms with Crippen LogP contribution in [0.1, 0.15) is 28.4 Å². The van der Waals surface area contributed by atoms with Gasteiger partial charge >= 0.3 is 35.6 Å². The molecule has 22 heteroatoms. The van der Waals surface area contributed by atoms with Gasteiger partial charge in [0.15, 0.2) is 0 Å². The minimum atomic E-state index is -5.23. The molecule has 17 nitrogen and oxygen atoms in total. The number of rotatable bonds is 9. The van der Waals surface area contributed by atoms with E-state index in [9.17, 15) is 40.3 Å². The van der Waals surface area contributed by atoms with Crippen molar-refractivity contribution >= 4 is 107 Å². The van der Waals surface area contributed by atoms with E-state index in [0.717, 1.165) is 12.1 Å². The molecular weight excluding hydrogens is 798 g/mol. The van der Waals surface area contributed by atoms with E-state index in [1.54, 1.807) is 31.2 Å². The van der Waals surface area contributed by atoms with Gasteiger partial charge in [0.1, 0.15) is 31.6 Å². The predicted octanol–water partition coefficient (Wildman–Crippen LogP) is 4.15. The van der Waals surface area contributed by atoms with E-state index < -0.39 is 53.3 Å². The summed E-state index contributed by atoms with van der Waals surface area (Å²) < 4.78 is 71.8. The quantitative estimate of drug-likeness (QED) is 0.0695. The van der Waals surface area contributed by atoms with Crippen LogP contribution in [-0.2, 0) is 25.0 Å². The summed E-state index contributed by atoms with van der Waals surface area (Å²) in [5.74, 6) is -1.15. The number of fused-ring (bicyclic) bond motifs is 1. The zero-order chi connectivity index (χ0) is 38.0. The van der Waals surface area contributed by atoms with Gasteiger partial charge < -0.3 is 31.2 Å². The number of nitrogens with one attached hydrogen (secondary N) is 4. The molecule has 0 heterocycles. The number of Topliss-reactive ketones (excluding diaryl/α,β-unsaturated/α-hetero) is 1. The van der Waals surface area contributed by atoms with E-state index in [0.29, 0.717) is 16.9 Å². The molecule has 0 spiro atoms. The van der Waals surface area contributed by atoms with Crippen LogP contribution >= 0.6 is 23.2 Å². The molecule has 0 fully saturated rings. The Bertz CT molecular complexity index is 2480. The van der Waals surface area contributed by atoms with Gasteiger partial charge in [-0.15, -0.1) is 5.11 Å². The number of amides is 3. The van der Waals surface area contributed by atoms with Gasteiger partial charge in [-0.05, 0) is 96.9 Å². The average molecular weight is 826 g/mol. The largest absolute Gasteiger partial charge is 1.00 e. The van der Waals surface area contributed by atoms with Crippen molar-refractivity contribution in [3.63, 3.8) is 0 Å². The Labute approximate surface area is 340 Å². The summed E-state index contributed by atoms with van der Waals surface area (Å²) >= 11 is 11.9. The minimum Gasteiger partial charge on any atom is -0.744 e. The van der Waals surface area contributed by atoms with Crippen molar-refractivity contribution in [3.05, 3.63) is 104 Å². The van der Waals surface area contributed by atoms with Crippen LogP contribution < -0.4 is 57.1 Å². The van der Waals surface area contributed by atoms with Gasteiger partial charge in [-0.2, -0.15) is 10.2 Å². The van der Waals surface area contributed by atoms with Crippen LogP contribution in [0.3, 0.4) is 0 Å². The normalized spacial score (nSPS) is 13.3. The fourth-order valence-electron chi connectivity index (χ4n) is 4.74. The summed E-state index contributed by atoms with van der Waals surface area (Å²) in [6.07, 6.45) is 0.969. The number of allylic oxidation sites excluding steroid dienone is 1. The maximum Gasteiger partial charge on any atom is 1.00 e. The van der Waals surface area contributed by atoms with E-state index >= 15 is 0 Å². The summed E-state index contributed by atoms with van der Waals surface area (Å²) in [5.41, 5.74) is 3.46. The molecule has 1 aliphatic carbocycles. The molecule has 0 bridgehead atoms. The Morgan fingerprint density at radius 2 is 1.35 bits per heavy atom. The van der Waals surface area contributed by atoms with Crippen LogP contribution in [0.4, 0.5) is 38.9 Å². The summed E-state index contributed by atoms with van der Waals surface area (Å²) in [4.78, 5) is 35.5. The molecule has 0 aliphatic heterocycles. The second-order valence-corrected chi connectivity index (χ2v) is 14.4. The molecule has 1 aliphatic rings. The molecule has 0 atom stereocenters. The second kappa shape index (κ2) is 17.7. The number of urea groups is 1. The summed E-state index contributed by atoms with van der Waals surface area (Å²) in [5, 5.41) is 19.2. The summed E-state index contributed by atoms with van der Waals surface area (Å²) in [6.45, 7) is 2.95.